The van der Waals surface area contributed by atoms with Crippen LogP contribution in [0.2, 0.25) is 5.02 Å². The molecule has 0 saturated heterocycles. The summed E-state index contributed by atoms with van der Waals surface area (Å²) < 4.78 is 36.3. The largest absolute Gasteiger partial charge is 0.417 e. The zero-order chi connectivity index (χ0) is 12.9. The third-order valence-corrected chi connectivity index (χ3v) is 1.69. The zero-order valence-corrected chi connectivity index (χ0v) is 9.36. The standard InChI is InChI=1S/C7H4ClF3N2O.C2H6/c8-4-1-3(7(9,10)11)2-13-5(4)6(12)14;1-2/h1-2H,(H2,12,14);1-2H3. The van der Waals surface area contributed by atoms with E-state index in [1.54, 1.807) is 0 Å². The number of carbonyl (C=O) groups excluding carboxylic acids is 1. The first-order valence-electron chi connectivity index (χ1n) is 4.35. The first-order valence-corrected chi connectivity index (χ1v) is 4.72. The molecule has 0 fully saturated rings. The van der Waals surface area contributed by atoms with Crippen molar-refractivity contribution in [3.63, 3.8) is 0 Å². The summed E-state index contributed by atoms with van der Waals surface area (Å²) in [5, 5.41) is -0.410. The van der Waals surface area contributed by atoms with Crippen LogP contribution in [-0.4, -0.2) is 10.9 Å². The fraction of sp³-hybridized carbons (Fsp3) is 0.333. The van der Waals surface area contributed by atoms with E-state index in [4.69, 9.17) is 17.3 Å². The Labute approximate surface area is 95.4 Å². The van der Waals surface area contributed by atoms with Crippen molar-refractivity contribution in [1.29, 1.82) is 0 Å². The predicted molar refractivity (Wildman–Crippen MR) is 54.1 cm³/mol. The molecule has 0 atom stereocenters. The summed E-state index contributed by atoms with van der Waals surface area (Å²) in [6.45, 7) is 4.00. The summed E-state index contributed by atoms with van der Waals surface area (Å²) in [7, 11) is 0. The van der Waals surface area contributed by atoms with Gasteiger partial charge in [0.1, 0.15) is 5.69 Å². The number of amides is 1. The number of carbonyl (C=O) groups is 1. The van der Waals surface area contributed by atoms with Crippen LogP contribution < -0.4 is 5.73 Å². The first-order chi connectivity index (χ1) is 7.32. The Morgan fingerprint density at radius 1 is 1.44 bits per heavy atom. The van der Waals surface area contributed by atoms with Gasteiger partial charge in [-0.3, -0.25) is 4.79 Å². The van der Waals surface area contributed by atoms with Crippen LogP contribution in [0.3, 0.4) is 0 Å². The number of hydrogen-bond acceptors (Lipinski definition) is 2. The lowest BCUT2D eigenvalue weighted by Gasteiger charge is -2.06. The summed E-state index contributed by atoms with van der Waals surface area (Å²) in [5.41, 5.74) is 3.41. The minimum Gasteiger partial charge on any atom is -0.364 e. The molecule has 0 aliphatic heterocycles. The highest BCUT2D eigenvalue weighted by Crippen LogP contribution is 2.30. The Hall–Kier alpha value is -1.30. The van der Waals surface area contributed by atoms with Gasteiger partial charge in [0.05, 0.1) is 10.6 Å². The maximum Gasteiger partial charge on any atom is 0.417 e. The van der Waals surface area contributed by atoms with E-state index in [0.717, 1.165) is 0 Å². The number of aromatic nitrogens is 1. The molecule has 1 rings (SSSR count). The highest BCUT2D eigenvalue weighted by Gasteiger charge is 2.31. The molecule has 0 spiro atoms. The Balaban J connectivity index is 0.00000106. The van der Waals surface area contributed by atoms with Crippen molar-refractivity contribution in [3.05, 3.63) is 28.5 Å². The van der Waals surface area contributed by atoms with Crippen molar-refractivity contribution in [2.24, 2.45) is 5.73 Å². The second-order valence-electron chi connectivity index (χ2n) is 2.42. The molecule has 7 heteroatoms. The van der Waals surface area contributed by atoms with Gasteiger partial charge in [-0.15, -0.1) is 0 Å². The molecule has 16 heavy (non-hydrogen) atoms. The second kappa shape index (κ2) is 5.69. The second-order valence-corrected chi connectivity index (χ2v) is 2.82. The molecule has 0 radical (unpaired) electrons. The Kier molecular flexibility index (Phi) is 5.23. The van der Waals surface area contributed by atoms with E-state index >= 15 is 0 Å². The number of nitrogens with two attached hydrogens (primary N) is 1. The minimum absolute atomic E-state index is 0.375. The predicted octanol–water partition coefficient (Wildman–Crippen LogP) is 2.88. The van der Waals surface area contributed by atoms with Crippen LogP contribution in [0, 0.1) is 0 Å². The molecule has 1 aromatic rings. The monoisotopic (exact) mass is 254 g/mol. The van der Waals surface area contributed by atoms with Crippen LogP contribution in [0.1, 0.15) is 29.9 Å². The lowest BCUT2D eigenvalue weighted by molar-refractivity contribution is -0.137. The van der Waals surface area contributed by atoms with Gasteiger partial charge in [-0.1, -0.05) is 25.4 Å². The van der Waals surface area contributed by atoms with E-state index in [-0.39, 0.29) is 5.69 Å². The third kappa shape index (κ3) is 3.69. The van der Waals surface area contributed by atoms with E-state index in [1.807, 2.05) is 13.8 Å². The van der Waals surface area contributed by atoms with Gasteiger partial charge in [-0.05, 0) is 6.07 Å². The maximum atomic E-state index is 12.1. The Morgan fingerprint density at radius 3 is 2.25 bits per heavy atom. The zero-order valence-electron chi connectivity index (χ0n) is 8.60. The van der Waals surface area contributed by atoms with Gasteiger partial charge < -0.3 is 5.73 Å². The van der Waals surface area contributed by atoms with Gasteiger partial charge >= 0.3 is 6.18 Å². The fourth-order valence-electron chi connectivity index (χ4n) is 0.774. The first kappa shape index (κ1) is 14.7. The quantitative estimate of drug-likeness (QED) is 0.838. The molecule has 2 N–H and O–H groups in total. The number of rotatable bonds is 1. The van der Waals surface area contributed by atoms with Gasteiger partial charge in [-0.2, -0.15) is 13.2 Å². The van der Waals surface area contributed by atoms with Gasteiger partial charge in [0, 0.05) is 6.20 Å². The molecule has 0 aliphatic carbocycles. The lowest BCUT2D eigenvalue weighted by atomic mass is 10.2. The third-order valence-electron chi connectivity index (χ3n) is 1.40. The van der Waals surface area contributed by atoms with Crippen LogP contribution in [0.25, 0.3) is 0 Å². The van der Waals surface area contributed by atoms with Crippen LogP contribution in [-0.2, 0) is 6.18 Å². The molecule has 1 aromatic heterocycles. The van der Waals surface area contributed by atoms with Crippen molar-refractivity contribution in [2.75, 3.05) is 0 Å². The molecule has 0 aromatic carbocycles. The molecule has 1 heterocycles. The van der Waals surface area contributed by atoms with Crippen molar-refractivity contribution >= 4 is 17.5 Å². The molecule has 3 nitrogen and oxygen atoms in total. The van der Waals surface area contributed by atoms with E-state index in [2.05, 4.69) is 4.98 Å². The van der Waals surface area contributed by atoms with Crippen LogP contribution >= 0.6 is 11.6 Å². The van der Waals surface area contributed by atoms with Crippen molar-refractivity contribution in [3.8, 4) is 0 Å². The number of primary amides is 1. The SMILES string of the molecule is CC.NC(=O)c1ncc(C(F)(F)F)cc1Cl. The summed E-state index contributed by atoms with van der Waals surface area (Å²) in [5.74, 6) is -0.969. The Morgan fingerprint density at radius 2 is 1.94 bits per heavy atom. The van der Waals surface area contributed by atoms with E-state index in [9.17, 15) is 18.0 Å². The molecule has 1 amide bonds. The highest BCUT2D eigenvalue weighted by atomic mass is 35.5. The summed E-state index contributed by atoms with van der Waals surface area (Å²) >= 11 is 5.37. The topological polar surface area (TPSA) is 56.0 Å². The smallest absolute Gasteiger partial charge is 0.364 e. The van der Waals surface area contributed by atoms with Gasteiger partial charge in [-0.25, -0.2) is 4.98 Å². The molecule has 0 saturated carbocycles. The van der Waals surface area contributed by atoms with Crippen molar-refractivity contribution < 1.29 is 18.0 Å². The number of halogens is 4. The van der Waals surface area contributed by atoms with Crippen LogP contribution in [0.15, 0.2) is 12.3 Å². The summed E-state index contributed by atoms with van der Waals surface area (Å²) in [6.07, 6.45) is -4.03. The van der Waals surface area contributed by atoms with E-state index < -0.39 is 22.7 Å². The average Bonchev–Trinajstić information content (AvgIpc) is 2.18. The van der Waals surface area contributed by atoms with E-state index in [1.165, 1.54) is 0 Å². The normalized spacial score (nSPS) is 10.4. The van der Waals surface area contributed by atoms with Crippen LogP contribution in [0.5, 0.6) is 0 Å². The lowest BCUT2D eigenvalue weighted by Crippen LogP contribution is -2.15. The van der Waals surface area contributed by atoms with Gasteiger partial charge in [0.2, 0.25) is 0 Å². The van der Waals surface area contributed by atoms with E-state index in [0.29, 0.717) is 12.3 Å². The van der Waals surface area contributed by atoms with Crippen molar-refractivity contribution in [2.45, 2.75) is 20.0 Å². The highest BCUT2D eigenvalue weighted by molar-refractivity contribution is 6.33. The molecule has 0 bridgehead atoms. The molecular formula is C9H10ClF3N2O. The van der Waals surface area contributed by atoms with Gasteiger partial charge in [0.15, 0.2) is 0 Å². The molecule has 0 unspecified atom stereocenters. The summed E-state index contributed by atoms with van der Waals surface area (Å²) in [6, 6.07) is 0.606. The number of nitrogens with zero attached hydrogens (tertiary/aromatic N) is 1. The Bertz CT molecular complexity index is 380. The fourth-order valence-corrected chi connectivity index (χ4v) is 1.03. The molecular weight excluding hydrogens is 245 g/mol. The summed E-state index contributed by atoms with van der Waals surface area (Å²) in [4.78, 5) is 13.8. The average molecular weight is 255 g/mol. The number of hydrogen-bond donors (Lipinski definition) is 1. The molecule has 90 valence electrons. The minimum atomic E-state index is -4.53. The molecule has 0 aliphatic rings. The van der Waals surface area contributed by atoms with Gasteiger partial charge in [0.25, 0.3) is 5.91 Å². The maximum absolute atomic E-state index is 12.1. The van der Waals surface area contributed by atoms with Crippen LogP contribution in [0.4, 0.5) is 13.2 Å². The number of alkyl halides is 3. The van der Waals surface area contributed by atoms with Crippen molar-refractivity contribution in [1.82, 2.24) is 4.98 Å². The number of pyridine rings is 1.